The Morgan fingerprint density at radius 3 is 2.96 bits per heavy atom. The number of aliphatic hydroxyl groups is 1. The van der Waals surface area contributed by atoms with Crippen molar-refractivity contribution in [2.24, 2.45) is 7.05 Å². The molecule has 0 spiro atoms. The van der Waals surface area contributed by atoms with E-state index >= 15 is 0 Å². The van der Waals surface area contributed by atoms with Crippen LogP contribution in [0.15, 0.2) is 16.9 Å². The second-order valence-electron chi connectivity index (χ2n) is 5.75. The van der Waals surface area contributed by atoms with Crippen molar-refractivity contribution in [1.29, 1.82) is 5.26 Å². The predicted octanol–water partition coefficient (Wildman–Crippen LogP) is -0.641. The maximum atomic E-state index is 12.2. The zero-order valence-corrected chi connectivity index (χ0v) is 13.0. The molecule has 2 aromatic heterocycles. The van der Waals surface area contributed by atoms with E-state index in [2.05, 4.69) is 15.3 Å². The van der Waals surface area contributed by atoms with E-state index in [-0.39, 0.29) is 30.1 Å². The summed E-state index contributed by atoms with van der Waals surface area (Å²) >= 11 is 0. The van der Waals surface area contributed by atoms with Gasteiger partial charge in [0, 0.05) is 26.2 Å². The number of pyridine rings is 1. The number of aliphatic hydroxyl groups excluding tert-OH is 1. The fourth-order valence-electron chi connectivity index (χ4n) is 2.85. The third-order valence-electron chi connectivity index (χ3n) is 4.15. The minimum atomic E-state index is -0.387. The molecular weight excluding hydrogens is 296 g/mol. The number of rotatable bonds is 2. The van der Waals surface area contributed by atoms with Gasteiger partial charge in [0.05, 0.1) is 18.2 Å². The highest BCUT2D eigenvalue weighted by molar-refractivity contribution is 5.86. The second kappa shape index (κ2) is 5.95. The van der Waals surface area contributed by atoms with E-state index in [0.29, 0.717) is 29.9 Å². The lowest BCUT2D eigenvalue weighted by Gasteiger charge is -2.39. The van der Waals surface area contributed by atoms with Gasteiger partial charge in [-0.2, -0.15) is 10.2 Å². The zero-order chi connectivity index (χ0) is 16.6. The number of nitrogens with zero attached hydrogens (tertiary/aromatic N) is 5. The van der Waals surface area contributed by atoms with Crippen LogP contribution >= 0.6 is 0 Å². The van der Waals surface area contributed by atoms with E-state index in [1.54, 1.807) is 19.2 Å². The number of aromatic nitrogens is 3. The van der Waals surface area contributed by atoms with Crippen LogP contribution in [-0.4, -0.2) is 51.4 Å². The Morgan fingerprint density at radius 1 is 1.48 bits per heavy atom. The van der Waals surface area contributed by atoms with Gasteiger partial charge in [-0.3, -0.25) is 4.57 Å². The van der Waals surface area contributed by atoms with Gasteiger partial charge in [0.2, 0.25) is 0 Å². The molecule has 0 aliphatic carbocycles. The Kier molecular flexibility index (Phi) is 3.98. The molecule has 1 fully saturated rings. The van der Waals surface area contributed by atoms with Crippen molar-refractivity contribution < 1.29 is 5.11 Å². The molecule has 3 heterocycles. The van der Waals surface area contributed by atoms with Gasteiger partial charge >= 0.3 is 5.69 Å². The van der Waals surface area contributed by atoms with Crippen LogP contribution < -0.4 is 15.9 Å². The quantitative estimate of drug-likeness (QED) is 0.759. The summed E-state index contributed by atoms with van der Waals surface area (Å²) in [4.78, 5) is 22.6. The average Bonchev–Trinajstić information content (AvgIpc) is 2.57. The number of aryl methyl sites for hydroxylation is 1. The van der Waals surface area contributed by atoms with Crippen LogP contribution in [0.2, 0.25) is 0 Å². The summed E-state index contributed by atoms with van der Waals surface area (Å²) in [7, 11) is 1.62. The van der Waals surface area contributed by atoms with E-state index < -0.39 is 0 Å². The van der Waals surface area contributed by atoms with E-state index in [0.717, 1.165) is 0 Å². The van der Waals surface area contributed by atoms with Crippen molar-refractivity contribution in [2.45, 2.75) is 19.0 Å². The van der Waals surface area contributed by atoms with Gasteiger partial charge < -0.3 is 15.3 Å². The molecule has 23 heavy (non-hydrogen) atoms. The Labute approximate surface area is 133 Å². The van der Waals surface area contributed by atoms with E-state index in [1.807, 2.05) is 17.9 Å². The third kappa shape index (κ3) is 2.65. The summed E-state index contributed by atoms with van der Waals surface area (Å²) in [6, 6.07) is 5.29. The van der Waals surface area contributed by atoms with Crippen LogP contribution in [0.1, 0.15) is 12.6 Å². The van der Waals surface area contributed by atoms with Crippen molar-refractivity contribution in [3.05, 3.63) is 28.3 Å². The standard InChI is InChI=1S/C15H18N6O2/c1-9-7-21(11(8-22)6-17-9)14-13-12(20(2)15(23)19-14)4-3-10(5-16)18-13/h3-4,9,11,17,22H,6-8H2,1-2H3/t9-,11-/m1/s1. The number of nitriles is 1. The van der Waals surface area contributed by atoms with Crippen LogP contribution in [0.3, 0.4) is 0 Å². The number of piperazine rings is 1. The van der Waals surface area contributed by atoms with Gasteiger partial charge in [0.15, 0.2) is 5.82 Å². The van der Waals surface area contributed by atoms with E-state index in [1.165, 1.54) is 4.57 Å². The summed E-state index contributed by atoms with van der Waals surface area (Å²) in [6.07, 6.45) is 0. The van der Waals surface area contributed by atoms with Gasteiger partial charge in [-0.05, 0) is 19.1 Å². The lowest BCUT2D eigenvalue weighted by Crippen LogP contribution is -2.57. The zero-order valence-electron chi connectivity index (χ0n) is 13.0. The third-order valence-corrected chi connectivity index (χ3v) is 4.15. The summed E-state index contributed by atoms with van der Waals surface area (Å²) in [5.74, 6) is 0.424. The monoisotopic (exact) mass is 314 g/mol. The van der Waals surface area contributed by atoms with Crippen molar-refractivity contribution in [3.63, 3.8) is 0 Å². The van der Waals surface area contributed by atoms with Crippen molar-refractivity contribution in [1.82, 2.24) is 19.9 Å². The first-order valence-electron chi connectivity index (χ1n) is 7.44. The van der Waals surface area contributed by atoms with E-state index in [4.69, 9.17) is 5.26 Å². The second-order valence-corrected chi connectivity index (χ2v) is 5.75. The van der Waals surface area contributed by atoms with Gasteiger partial charge in [-0.15, -0.1) is 0 Å². The number of hydrogen-bond donors (Lipinski definition) is 2. The van der Waals surface area contributed by atoms with Crippen LogP contribution in [0.5, 0.6) is 0 Å². The summed E-state index contributed by atoms with van der Waals surface area (Å²) in [5, 5.41) is 22.0. The summed E-state index contributed by atoms with van der Waals surface area (Å²) in [6.45, 7) is 3.15. The molecule has 2 atom stereocenters. The van der Waals surface area contributed by atoms with Gasteiger partial charge in [0.25, 0.3) is 0 Å². The van der Waals surface area contributed by atoms with Crippen LogP contribution in [0.4, 0.5) is 5.82 Å². The lowest BCUT2D eigenvalue weighted by atomic mass is 10.1. The molecule has 1 saturated heterocycles. The van der Waals surface area contributed by atoms with Crippen LogP contribution in [0, 0.1) is 11.3 Å². The Morgan fingerprint density at radius 2 is 2.26 bits per heavy atom. The summed E-state index contributed by atoms with van der Waals surface area (Å²) in [5.41, 5.74) is 0.991. The molecule has 120 valence electrons. The molecule has 1 aliphatic rings. The number of fused-ring (bicyclic) bond motifs is 1. The molecule has 0 amide bonds. The minimum Gasteiger partial charge on any atom is -0.394 e. The maximum Gasteiger partial charge on any atom is 0.349 e. The first-order chi connectivity index (χ1) is 11.0. The van der Waals surface area contributed by atoms with Crippen molar-refractivity contribution >= 4 is 16.9 Å². The minimum absolute atomic E-state index is 0.0595. The molecule has 1 aliphatic heterocycles. The molecule has 0 aromatic carbocycles. The molecule has 2 aromatic rings. The number of anilines is 1. The first kappa shape index (κ1) is 15.4. The fraction of sp³-hybridized carbons (Fsp3) is 0.467. The predicted molar refractivity (Wildman–Crippen MR) is 85.2 cm³/mol. The van der Waals surface area contributed by atoms with Gasteiger partial charge in [-0.25, -0.2) is 9.78 Å². The van der Waals surface area contributed by atoms with Gasteiger partial charge in [-0.1, -0.05) is 0 Å². The first-order valence-corrected chi connectivity index (χ1v) is 7.44. The van der Waals surface area contributed by atoms with Crippen LogP contribution in [-0.2, 0) is 7.05 Å². The van der Waals surface area contributed by atoms with Crippen molar-refractivity contribution in [2.75, 3.05) is 24.6 Å². The molecule has 0 bridgehead atoms. The largest absolute Gasteiger partial charge is 0.394 e. The average molecular weight is 314 g/mol. The molecule has 0 saturated carbocycles. The number of nitrogens with one attached hydrogen (secondary N) is 1. The Hall–Kier alpha value is -2.50. The molecule has 2 N–H and O–H groups in total. The highest BCUT2D eigenvalue weighted by atomic mass is 16.3. The maximum absolute atomic E-state index is 12.2. The molecule has 0 unspecified atom stereocenters. The lowest BCUT2D eigenvalue weighted by molar-refractivity contribution is 0.236. The smallest absolute Gasteiger partial charge is 0.349 e. The highest BCUT2D eigenvalue weighted by Gasteiger charge is 2.29. The molecule has 8 heteroatoms. The fourth-order valence-corrected chi connectivity index (χ4v) is 2.85. The molecule has 8 nitrogen and oxygen atoms in total. The normalized spacial score (nSPS) is 21.4. The van der Waals surface area contributed by atoms with Crippen molar-refractivity contribution in [3.8, 4) is 6.07 Å². The summed E-state index contributed by atoms with van der Waals surface area (Å²) < 4.78 is 1.41. The molecule has 0 radical (unpaired) electrons. The Balaban J connectivity index is 2.25. The van der Waals surface area contributed by atoms with Gasteiger partial charge in [0.1, 0.15) is 17.3 Å². The Bertz CT molecular complexity index is 840. The number of hydrogen-bond acceptors (Lipinski definition) is 7. The molecular formula is C15H18N6O2. The topological polar surface area (TPSA) is 107 Å². The van der Waals surface area contributed by atoms with Crippen LogP contribution in [0.25, 0.3) is 11.0 Å². The molecule has 3 rings (SSSR count). The highest BCUT2D eigenvalue weighted by Crippen LogP contribution is 2.24. The SMILES string of the molecule is C[C@@H]1CN(c2nc(=O)n(C)c3ccc(C#N)nc23)[C@@H](CO)CN1. The van der Waals surface area contributed by atoms with E-state index in [9.17, 15) is 9.90 Å².